The fraction of sp³-hybridized carbons (Fsp3) is 0.429. The van der Waals surface area contributed by atoms with Gasteiger partial charge in [-0.05, 0) is 48.7 Å². The molecular weight excluding hydrogens is 446 g/mol. The summed E-state index contributed by atoms with van der Waals surface area (Å²) < 4.78 is 17.9. The predicted octanol–water partition coefficient (Wildman–Crippen LogP) is 5.94. The minimum absolute atomic E-state index is 0.0148. The summed E-state index contributed by atoms with van der Waals surface area (Å²) in [5.41, 5.74) is 2.78. The van der Waals surface area contributed by atoms with Crippen molar-refractivity contribution in [3.63, 3.8) is 0 Å². The fourth-order valence-electron chi connectivity index (χ4n) is 3.35. The minimum atomic E-state index is -1.03. The van der Waals surface area contributed by atoms with E-state index in [1.54, 1.807) is 0 Å². The molecule has 1 amide bonds. The SMILES string of the molecule is C=C(CC(OCC)c1ccc(OCCc2ccc(NC(=O)CC)cc2)c(OCCCC)c1)C(=O)O. The molecule has 0 heterocycles. The number of carboxylic acids is 1. The highest BCUT2D eigenvalue weighted by molar-refractivity contribution is 5.90. The van der Waals surface area contributed by atoms with Crippen LogP contribution < -0.4 is 14.8 Å². The van der Waals surface area contributed by atoms with Gasteiger partial charge in [-0.1, -0.05) is 45.0 Å². The second kappa shape index (κ2) is 14.8. The van der Waals surface area contributed by atoms with Gasteiger partial charge in [0.25, 0.3) is 0 Å². The first kappa shape index (κ1) is 27.9. The zero-order valence-electron chi connectivity index (χ0n) is 21.0. The van der Waals surface area contributed by atoms with Gasteiger partial charge >= 0.3 is 5.97 Å². The second-order valence-corrected chi connectivity index (χ2v) is 8.16. The van der Waals surface area contributed by atoms with Crippen LogP contribution in [0.1, 0.15) is 63.7 Å². The average Bonchev–Trinajstić information content (AvgIpc) is 2.85. The molecule has 0 aromatic heterocycles. The highest BCUT2D eigenvalue weighted by atomic mass is 16.5. The zero-order chi connectivity index (χ0) is 25.6. The maximum Gasteiger partial charge on any atom is 0.331 e. The normalized spacial score (nSPS) is 11.5. The van der Waals surface area contributed by atoms with E-state index < -0.39 is 12.1 Å². The highest BCUT2D eigenvalue weighted by Crippen LogP contribution is 2.34. The molecule has 0 saturated carbocycles. The molecule has 2 aromatic rings. The second-order valence-electron chi connectivity index (χ2n) is 8.16. The number of hydrogen-bond donors (Lipinski definition) is 2. The van der Waals surface area contributed by atoms with Crippen LogP contribution in [0.4, 0.5) is 5.69 Å². The molecule has 35 heavy (non-hydrogen) atoms. The smallest absolute Gasteiger partial charge is 0.331 e. The lowest BCUT2D eigenvalue weighted by atomic mass is 10.0. The van der Waals surface area contributed by atoms with Crippen LogP contribution in [0.3, 0.4) is 0 Å². The van der Waals surface area contributed by atoms with Gasteiger partial charge in [0.05, 0.1) is 19.3 Å². The van der Waals surface area contributed by atoms with Gasteiger partial charge < -0.3 is 24.6 Å². The maximum atomic E-state index is 11.5. The minimum Gasteiger partial charge on any atom is -0.490 e. The van der Waals surface area contributed by atoms with Crippen molar-refractivity contribution in [3.8, 4) is 11.5 Å². The van der Waals surface area contributed by atoms with E-state index in [1.807, 2.05) is 56.3 Å². The van der Waals surface area contributed by atoms with E-state index in [0.29, 0.717) is 44.2 Å². The Morgan fingerprint density at radius 3 is 2.34 bits per heavy atom. The van der Waals surface area contributed by atoms with Crippen LogP contribution in [0.15, 0.2) is 54.6 Å². The number of hydrogen-bond acceptors (Lipinski definition) is 5. The molecule has 0 aliphatic carbocycles. The van der Waals surface area contributed by atoms with Crippen molar-refractivity contribution in [2.75, 3.05) is 25.1 Å². The number of nitrogens with one attached hydrogen (secondary N) is 1. The van der Waals surface area contributed by atoms with Gasteiger partial charge in [-0.3, -0.25) is 4.79 Å². The number of anilines is 1. The van der Waals surface area contributed by atoms with E-state index in [4.69, 9.17) is 14.2 Å². The number of amides is 1. The number of benzene rings is 2. The fourth-order valence-corrected chi connectivity index (χ4v) is 3.35. The molecule has 1 unspecified atom stereocenters. The van der Waals surface area contributed by atoms with Gasteiger partial charge in [0.15, 0.2) is 11.5 Å². The molecule has 0 aliphatic heterocycles. The summed E-state index contributed by atoms with van der Waals surface area (Å²) in [5.74, 6) is 0.192. The van der Waals surface area contributed by atoms with Crippen LogP contribution in [0.5, 0.6) is 11.5 Å². The quantitative estimate of drug-likeness (QED) is 0.227. The number of unbranched alkanes of at least 4 members (excludes halogenated alkanes) is 1. The molecule has 0 bridgehead atoms. The molecule has 0 fully saturated rings. The summed E-state index contributed by atoms with van der Waals surface area (Å²) in [6.07, 6.45) is 2.80. The Balaban J connectivity index is 2.09. The van der Waals surface area contributed by atoms with Crippen molar-refractivity contribution < 1.29 is 28.9 Å². The van der Waals surface area contributed by atoms with Crippen LogP contribution in [0.2, 0.25) is 0 Å². The third kappa shape index (κ3) is 9.45. The van der Waals surface area contributed by atoms with Gasteiger partial charge in [-0.25, -0.2) is 4.79 Å². The summed E-state index contributed by atoms with van der Waals surface area (Å²) in [6, 6.07) is 13.3. The molecule has 2 aromatic carbocycles. The van der Waals surface area contributed by atoms with Crippen molar-refractivity contribution in [1.29, 1.82) is 0 Å². The van der Waals surface area contributed by atoms with Gasteiger partial charge in [-0.2, -0.15) is 0 Å². The molecule has 0 spiro atoms. The molecule has 190 valence electrons. The monoisotopic (exact) mass is 483 g/mol. The Bertz CT molecular complexity index is 970. The summed E-state index contributed by atoms with van der Waals surface area (Å²) in [6.45, 7) is 10.9. The molecule has 0 radical (unpaired) electrons. The van der Waals surface area contributed by atoms with Crippen LogP contribution in [-0.4, -0.2) is 36.8 Å². The van der Waals surface area contributed by atoms with Crippen LogP contribution in [0, 0.1) is 0 Å². The largest absolute Gasteiger partial charge is 0.490 e. The van der Waals surface area contributed by atoms with Crippen molar-refractivity contribution in [2.45, 2.75) is 59.0 Å². The topological polar surface area (TPSA) is 94.1 Å². The molecule has 2 rings (SSSR count). The van der Waals surface area contributed by atoms with E-state index in [9.17, 15) is 14.7 Å². The predicted molar refractivity (Wildman–Crippen MR) is 137 cm³/mol. The Morgan fingerprint density at radius 2 is 1.71 bits per heavy atom. The molecule has 0 aliphatic rings. The average molecular weight is 484 g/mol. The van der Waals surface area contributed by atoms with E-state index >= 15 is 0 Å². The Morgan fingerprint density at radius 1 is 1.00 bits per heavy atom. The van der Waals surface area contributed by atoms with Gasteiger partial charge in [-0.15, -0.1) is 0 Å². The number of aliphatic carboxylic acids is 1. The molecular formula is C28H37NO6. The lowest BCUT2D eigenvalue weighted by molar-refractivity contribution is -0.133. The number of carbonyl (C=O) groups excluding carboxylic acids is 1. The molecule has 7 nitrogen and oxygen atoms in total. The Labute approximate surface area is 208 Å². The van der Waals surface area contributed by atoms with Crippen molar-refractivity contribution in [3.05, 3.63) is 65.7 Å². The molecule has 7 heteroatoms. The summed E-state index contributed by atoms with van der Waals surface area (Å²) in [5, 5.41) is 12.1. The first-order valence-electron chi connectivity index (χ1n) is 12.2. The Kier molecular flexibility index (Phi) is 11.8. The number of ether oxygens (including phenoxy) is 3. The third-order valence-electron chi connectivity index (χ3n) is 5.40. The third-order valence-corrected chi connectivity index (χ3v) is 5.40. The zero-order valence-corrected chi connectivity index (χ0v) is 21.0. The van der Waals surface area contributed by atoms with E-state index in [2.05, 4.69) is 18.8 Å². The van der Waals surface area contributed by atoms with Crippen molar-refractivity contribution >= 4 is 17.6 Å². The van der Waals surface area contributed by atoms with Crippen molar-refractivity contribution in [1.82, 2.24) is 0 Å². The summed E-state index contributed by atoms with van der Waals surface area (Å²) in [7, 11) is 0. The van der Waals surface area contributed by atoms with E-state index in [1.165, 1.54) is 0 Å². The number of rotatable bonds is 16. The maximum absolute atomic E-state index is 11.5. The molecule has 2 N–H and O–H groups in total. The summed E-state index contributed by atoms with van der Waals surface area (Å²) in [4.78, 5) is 22.8. The first-order chi connectivity index (χ1) is 16.9. The van der Waals surface area contributed by atoms with Gasteiger partial charge in [0.1, 0.15) is 0 Å². The highest BCUT2D eigenvalue weighted by Gasteiger charge is 2.19. The van der Waals surface area contributed by atoms with E-state index in [-0.39, 0.29) is 17.9 Å². The van der Waals surface area contributed by atoms with E-state index in [0.717, 1.165) is 29.7 Å². The lowest BCUT2D eigenvalue weighted by Crippen LogP contribution is -2.11. The van der Waals surface area contributed by atoms with Gasteiger partial charge in [0, 0.05) is 37.1 Å². The lowest BCUT2D eigenvalue weighted by Gasteiger charge is -2.20. The van der Waals surface area contributed by atoms with Crippen LogP contribution >= 0.6 is 0 Å². The van der Waals surface area contributed by atoms with Crippen LogP contribution in [-0.2, 0) is 20.7 Å². The number of carboxylic acid groups (broad SMARTS) is 1. The standard InChI is InChI=1S/C28H37NO6/c1-5-8-16-34-26-19-22(25(33-7-3)18-20(4)28(31)32)11-14-24(26)35-17-15-21-9-12-23(13-10-21)29-27(30)6-2/h9-14,19,25H,4-8,15-18H2,1-3H3,(H,29,30)(H,31,32). The van der Waals surface area contributed by atoms with Crippen molar-refractivity contribution in [2.24, 2.45) is 0 Å². The number of carbonyl (C=O) groups is 2. The van der Waals surface area contributed by atoms with Gasteiger partial charge in [0.2, 0.25) is 5.91 Å². The Hall–Kier alpha value is -3.32. The first-order valence-corrected chi connectivity index (χ1v) is 12.2. The van der Waals surface area contributed by atoms with Crippen LogP contribution in [0.25, 0.3) is 0 Å². The summed E-state index contributed by atoms with van der Waals surface area (Å²) >= 11 is 0. The molecule has 1 atom stereocenters. The molecule has 0 saturated heterocycles.